The lowest BCUT2D eigenvalue weighted by Gasteiger charge is -2.30. The number of aliphatic hydroxyl groups excluding tert-OH is 1. The highest BCUT2D eigenvalue weighted by atomic mass is 16.3. The quantitative estimate of drug-likeness (QED) is 0.773. The molecule has 18 heavy (non-hydrogen) atoms. The van der Waals surface area contributed by atoms with Crippen LogP contribution in [0.25, 0.3) is 0 Å². The van der Waals surface area contributed by atoms with Crippen molar-refractivity contribution in [3.05, 3.63) is 0 Å². The van der Waals surface area contributed by atoms with Gasteiger partial charge in [-0.1, -0.05) is 20.8 Å². The second kappa shape index (κ2) is 5.69. The number of likely N-dealkylation sites (tertiary alicyclic amines) is 1. The Labute approximate surface area is 109 Å². The second-order valence-electron chi connectivity index (χ2n) is 6.00. The van der Waals surface area contributed by atoms with E-state index >= 15 is 0 Å². The van der Waals surface area contributed by atoms with Crippen LogP contribution in [0, 0.1) is 5.41 Å². The molecule has 0 aromatic rings. The molecule has 1 aliphatic heterocycles. The van der Waals surface area contributed by atoms with E-state index in [-0.39, 0.29) is 30.5 Å². The molecule has 2 atom stereocenters. The van der Waals surface area contributed by atoms with Crippen LogP contribution in [0.1, 0.15) is 40.5 Å². The number of carbonyl (C=O) groups is 2. The molecule has 2 unspecified atom stereocenters. The largest absolute Gasteiger partial charge is 0.394 e. The topological polar surface area (TPSA) is 69.6 Å². The number of aliphatic hydroxyl groups is 1. The number of nitrogens with zero attached hydrogens (tertiary/aromatic N) is 1. The number of hydrogen-bond acceptors (Lipinski definition) is 3. The molecular weight excluding hydrogens is 232 g/mol. The molecule has 0 saturated carbocycles. The van der Waals surface area contributed by atoms with Crippen LogP contribution in [-0.4, -0.2) is 47.1 Å². The van der Waals surface area contributed by atoms with Crippen LogP contribution < -0.4 is 5.32 Å². The Hall–Kier alpha value is -1.10. The van der Waals surface area contributed by atoms with Gasteiger partial charge in [0.1, 0.15) is 6.04 Å². The van der Waals surface area contributed by atoms with Crippen molar-refractivity contribution in [2.45, 2.75) is 52.6 Å². The highest BCUT2D eigenvalue weighted by Crippen LogP contribution is 2.25. The van der Waals surface area contributed by atoms with Crippen molar-refractivity contribution in [2.75, 3.05) is 13.2 Å². The van der Waals surface area contributed by atoms with Gasteiger partial charge in [-0.05, 0) is 19.8 Å². The van der Waals surface area contributed by atoms with Gasteiger partial charge in [0.2, 0.25) is 11.8 Å². The van der Waals surface area contributed by atoms with Crippen molar-refractivity contribution in [1.82, 2.24) is 10.2 Å². The molecule has 0 aromatic heterocycles. The minimum absolute atomic E-state index is 0.0109. The van der Waals surface area contributed by atoms with E-state index in [0.29, 0.717) is 13.0 Å². The maximum atomic E-state index is 12.2. The lowest BCUT2D eigenvalue weighted by Crippen LogP contribution is -2.51. The zero-order chi connectivity index (χ0) is 13.9. The van der Waals surface area contributed by atoms with Crippen LogP contribution in [0.15, 0.2) is 0 Å². The molecule has 2 N–H and O–H groups in total. The molecule has 1 rings (SSSR count). The lowest BCUT2D eigenvalue weighted by molar-refractivity contribution is -0.144. The Morgan fingerprint density at radius 2 is 2.06 bits per heavy atom. The van der Waals surface area contributed by atoms with Gasteiger partial charge in [-0.15, -0.1) is 0 Å². The first-order chi connectivity index (χ1) is 8.27. The van der Waals surface area contributed by atoms with Gasteiger partial charge in [0.15, 0.2) is 0 Å². The summed E-state index contributed by atoms with van der Waals surface area (Å²) in [5, 5.41) is 11.7. The summed E-state index contributed by atoms with van der Waals surface area (Å²) in [5.74, 6) is -0.150. The number of rotatable bonds is 3. The second-order valence-corrected chi connectivity index (χ2v) is 6.00. The molecule has 0 bridgehead atoms. The highest BCUT2D eigenvalue weighted by Gasteiger charge is 2.38. The van der Waals surface area contributed by atoms with E-state index < -0.39 is 5.41 Å². The molecule has 1 heterocycles. The molecule has 5 nitrogen and oxygen atoms in total. The smallest absolute Gasteiger partial charge is 0.243 e. The van der Waals surface area contributed by atoms with Gasteiger partial charge in [-0.25, -0.2) is 0 Å². The average molecular weight is 256 g/mol. The van der Waals surface area contributed by atoms with Crippen LogP contribution in [0.3, 0.4) is 0 Å². The van der Waals surface area contributed by atoms with Crippen molar-refractivity contribution < 1.29 is 14.7 Å². The summed E-state index contributed by atoms with van der Waals surface area (Å²) in [5.41, 5.74) is -0.467. The first-order valence-electron chi connectivity index (χ1n) is 6.49. The highest BCUT2D eigenvalue weighted by molar-refractivity contribution is 5.90. The summed E-state index contributed by atoms with van der Waals surface area (Å²) in [4.78, 5) is 25.9. The van der Waals surface area contributed by atoms with Crippen molar-refractivity contribution in [3.63, 3.8) is 0 Å². The third kappa shape index (κ3) is 3.45. The Morgan fingerprint density at radius 1 is 1.44 bits per heavy atom. The van der Waals surface area contributed by atoms with Crippen molar-refractivity contribution in [1.29, 1.82) is 0 Å². The summed E-state index contributed by atoms with van der Waals surface area (Å²) < 4.78 is 0. The van der Waals surface area contributed by atoms with E-state index in [0.717, 1.165) is 6.42 Å². The number of nitrogens with one attached hydrogen (secondary N) is 1. The lowest BCUT2D eigenvalue weighted by atomic mass is 9.94. The van der Waals surface area contributed by atoms with Gasteiger partial charge in [0.25, 0.3) is 0 Å². The minimum atomic E-state index is -0.467. The van der Waals surface area contributed by atoms with Gasteiger partial charge in [0.05, 0.1) is 6.61 Å². The van der Waals surface area contributed by atoms with E-state index in [1.165, 1.54) is 0 Å². The predicted molar refractivity (Wildman–Crippen MR) is 68.9 cm³/mol. The molecule has 1 aliphatic rings. The minimum Gasteiger partial charge on any atom is -0.394 e. The molecule has 5 heteroatoms. The maximum absolute atomic E-state index is 12.2. The summed E-state index contributed by atoms with van der Waals surface area (Å²) in [6.45, 7) is 7.87. The van der Waals surface area contributed by atoms with Crippen LogP contribution in [0.4, 0.5) is 0 Å². The first-order valence-corrected chi connectivity index (χ1v) is 6.49. The summed E-state index contributed by atoms with van der Waals surface area (Å²) in [6.07, 6.45) is 1.55. The molecule has 0 aliphatic carbocycles. The number of amides is 2. The van der Waals surface area contributed by atoms with Crippen molar-refractivity contribution >= 4 is 11.8 Å². The Bertz CT molecular complexity index is 323. The third-order valence-electron chi connectivity index (χ3n) is 3.12. The van der Waals surface area contributed by atoms with E-state index in [1.54, 1.807) is 11.8 Å². The zero-order valence-corrected chi connectivity index (χ0v) is 11.7. The number of carbonyl (C=O) groups excluding carboxylic acids is 2. The van der Waals surface area contributed by atoms with Crippen LogP contribution in [-0.2, 0) is 9.59 Å². The van der Waals surface area contributed by atoms with Gasteiger partial charge in [-0.2, -0.15) is 0 Å². The maximum Gasteiger partial charge on any atom is 0.243 e. The molecule has 1 saturated heterocycles. The molecular formula is C13H24N2O3. The van der Waals surface area contributed by atoms with E-state index in [4.69, 9.17) is 5.11 Å². The van der Waals surface area contributed by atoms with Gasteiger partial charge >= 0.3 is 0 Å². The van der Waals surface area contributed by atoms with Gasteiger partial charge in [0, 0.05) is 18.0 Å². The monoisotopic (exact) mass is 256 g/mol. The van der Waals surface area contributed by atoms with Crippen LogP contribution in [0.5, 0.6) is 0 Å². The average Bonchev–Trinajstić information content (AvgIpc) is 2.75. The summed E-state index contributed by atoms with van der Waals surface area (Å²) in [6, 6.07) is -0.657. The van der Waals surface area contributed by atoms with E-state index in [9.17, 15) is 9.59 Å². The van der Waals surface area contributed by atoms with Crippen molar-refractivity contribution in [3.8, 4) is 0 Å². The number of hydrogen-bond donors (Lipinski definition) is 2. The fourth-order valence-corrected chi connectivity index (χ4v) is 2.10. The van der Waals surface area contributed by atoms with Crippen LogP contribution >= 0.6 is 0 Å². The van der Waals surface area contributed by atoms with Gasteiger partial charge in [-0.3, -0.25) is 9.59 Å². The molecule has 0 spiro atoms. The Morgan fingerprint density at radius 3 is 2.56 bits per heavy atom. The SMILES string of the molecule is CC(CO)NC(=O)C1CCCN1C(=O)C(C)(C)C. The third-order valence-corrected chi connectivity index (χ3v) is 3.12. The Balaban J connectivity index is 2.71. The summed E-state index contributed by atoms with van der Waals surface area (Å²) in [7, 11) is 0. The fourth-order valence-electron chi connectivity index (χ4n) is 2.10. The van der Waals surface area contributed by atoms with Crippen LogP contribution in [0.2, 0.25) is 0 Å². The Kier molecular flexibility index (Phi) is 4.73. The molecule has 2 amide bonds. The molecule has 0 radical (unpaired) electrons. The normalized spacial score (nSPS) is 21.8. The standard InChI is InChI=1S/C13H24N2O3/c1-9(8-16)14-11(17)10-6-5-7-15(10)12(18)13(2,3)4/h9-10,16H,5-8H2,1-4H3,(H,14,17). The van der Waals surface area contributed by atoms with E-state index in [1.807, 2.05) is 20.8 Å². The molecule has 1 fully saturated rings. The van der Waals surface area contributed by atoms with Crippen molar-refractivity contribution in [2.24, 2.45) is 5.41 Å². The molecule has 104 valence electrons. The zero-order valence-electron chi connectivity index (χ0n) is 11.7. The fraction of sp³-hybridized carbons (Fsp3) is 0.846. The first kappa shape index (κ1) is 15.0. The van der Waals surface area contributed by atoms with E-state index in [2.05, 4.69) is 5.32 Å². The predicted octanol–water partition coefficient (Wildman–Crippen LogP) is 0.520. The van der Waals surface area contributed by atoms with Gasteiger partial charge < -0.3 is 15.3 Å². The molecule has 0 aromatic carbocycles. The summed E-state index contributed by atoms with van der Waals surface area (Å²) >= 11 is 0.